The Morgan fingerprint density at radius 1 is 1.09 bits per heavy atom. The first kappa shape index (κ1) is 34.6. The zero-order valence-electron chi connectivity index (χ0n) is 28.0. The molecule has 2 saturated heterocycles. The van der Waals surface area contributed by atoms with Crippen molar-refractivity contribution in [2.45, 2.75) is 134 Å². The third-order valence-electron chi connectivity index (χ3n) is 9.87. The molecule has 1 aromatic rings. The molecular weight excluding hydrogens is 570 g/mol. The Morgan fingerprint density at radius 2 is 1.80 bits per heavy atom. The molecule has 3 heterocycles. The largest absolute Gasteiger partial charge is 0.447 e. The predicted molar refractivity (Wildman–Crippen MR) is 177 cm³/mol. The zero-order chi connectivity index (χ0) is 31.9. The van der Waals surface area contributed by atoms with Crippen molar-refractivity contribution < 1.29 is 28.2 Å². The highest BCUT2D eigenvalue weighted by Gasteiger charge is 2.45. The minimum atomic E-state index is -1.87. The van der Waals surface area contributed by atoms with E-state index < -0.39 is 20.2 Å². The molecule has 44 heavy (non-hydrogen) atoms. The fourth-order valence-electron chi connectivity index (χ4n) is 7.70. The van der Waals surface area contributed by atoms with Gasteiger partial charge in [-0.25, -0.2) is 9.69 Å². The van der Waals surface area contributed by atoms with Crippen LogP contribution in [0.25, 0.3) is 0 Å². The molecule has 0 saturated carbocycles. The quantitative estimate of drug-likeness (QED) is 0.0949. The number of carbonyl (C=O) groups excluding carboxylic acids is 2. The van der Waals surface area contributed by atoms with Crippen LogP contribution >= 0.6 is 0 Å². The molecule has 3 aliphatic heterocycles. The summed E-state index contributed by atoms with van der Waals surface area (Å²) in [6, 6.07) is 9.55. The number of rotatable bonds is 13. The van der Waals surface area contributed by atoms with Gasteiger partial charge in [-0.15, -0.1) is 0 Å². The molecule has 0 radical (unpaired) electrons. The van der Waals surface area contributed by atoms with Crippen LogP contribution in [0, 0.1) is 5.92 Å². The van der Waals surface area contributed by atoms with Crippen molar-refractivity contribution in [2.24, 2.45) is 5.92 Å². The van der Waals surface area contributed by atoms with Crippen LogP contribution in [0.15, 0.2) is 54.6 Å². The van der Waals surface area contributed by atoms with Gasteiger partial charge in [-0.1, -0.05) is 91.0 Å². The Morgan fingerprint density at radius 3 is 2.48 bits per heavy atom. The SMILES string of the molecule is CC(C)[Si](OCCC[C@H]1O[C@]2(C=C[C@@H]1C)CCC[C@@H](C/C=C/C(=O)N1C(=O)OC[C@H]1Cc1ccccc1)O2)(C(C)C)C(C)C. The maximum Gasteiger partial charge on any atom is 0.417 e. The first-order chi connectivity index (χ1) is 21.0. The summed E-state index contributed by atoms with van der Waals surface area (Å²) in [7, 11) is -1.87. The summed E-state index contributed by atoms with van der Waals surface area (Å²) in [5.41, 5.74) is 2.80. The minimum absolute atomic E-state index is 0.0600. The molecule has 7 nitrogen and oxygen atoms in total. The van der Waals surface area contributed by atoms with Crippen molar-refractivity contribution in [3.8, 4) is 0 Å². The average molecular weight is 626 g/mol. The summed E-state index contributed by atoms with van der Waals surface area (Å²) in [6.07, 6.45) is 12.9. The number of nitrogens with zero attached hydrogens (tertiary/aromatic N) is 1. The van der Waals surface area contributed by atoms with Gasteiger partial charge in [-0.2, -0.15) is 0 Å². The second kappa shape index (κ2) is 15.3. The standard InChI is InChI=1S/C36H55NO6Si/c1-26(2)44(27(3)4,28(5)6)41-23-13-18-33-29(7)20-22-36(43-33)21-12-17-32(42-36)16-11-19-34(38)37-31(25-40-35(37)39)24-30-14-9-8-10-15-30/h8-11,14-15,19-20,22,26-29,31-33H,12-13,16-18,21,23-25H2,1-7H3/b19-11+/t29-,31+,32+,33+,36-/m0/s1. The van der Waals surface area contributed by atoms with Crippen LogP contribution in [0.1, 0.15) is 92.6 Å². The molecule has 5 atom stereocenters. The Balaban J connectivity index is 1.29. The fraction of sp³-hybridized carbons (Fsp3) is 0.667. The molecule has 1 spiro atoms. The molecule has 244 valence electrons. The van der Waals surface area contributed by atoms with Crippen LogP contribution in [-0.4, -0.2) is 62.5 Å². The predicted octanol–water partition coefficient (Wildman–Crippen LogP) is 8.35. The van der Waals surface area contributed by atoms with E-state index in [1.165, 1.54) is 11.0 Å². The molecule has 1 aromatic carbocycles. The summed E-state index contributed by atoms with van der Waals surface area (Å²) in [6.45, 7) is 17.2. The summed E-state index contributed by atoms with van der Waals surface area (Å²) in [5.74, 6) is -0.748. The van der Waals surface area contributed by atoms with Gasteiger partial charge in [0.15, 0.2) is 14.1 Å². The number of hydrogen-bond donors (Lipinski definition) is 0. The van der Waals surface area contributed by atoms with E-state index in [1.54, 1.807) is 0 Å². The van der Waals surface area contributed by atoms with Crippen LogP contribution in [0.2, 0.25) is 16.6 Å². The molecule has 0 N–H and O–H groups in total. The van der Waals surface area contributed by atoms with Gasteiger partial charge in [0, 0.05) is 18.9 Å². The van der Waals surface area contributed by atoms with Crippen LogP contribution in [0.4, 0.5) is 4.79 Å². The molecule has 0 bridgehead atoms. The normalized spacial score (nSPS) is 27.8. The van der Waals surface area contributed by atoms with Crippen molar-refractivity contribution in [1.82, 2.24) is 4.90 Å². The number of benzene rings is 1. The lowest BCUT2D eigenvalue weighted by Gasteiger charge is -2.45. The molecule has 2 fully saturated rings. The van der Waals surface area contributed by atoms with Gasteiger partial charge >= 0.3 is 6.09 Å². The highest BCUT2D eigenvalue weighted by Crippen LogP contribution is 2.43. The Labute approximate surface area is 266 Å². The highest BCUT2D eigenvalue weighted by atomic mass is 28.4. The van der Waals surface area contributed by atoms with E-state index in [0.717, 1.165) is 44.3 Å². The highest BCUT2D eigenvalue weighted by molar-refractivity contribution is 6.77. The second-order valence-corrected chi connectivity index (χ2v) is 19.4. The van der Waals surface area contributed by atoms with Gasteiger partial charge in [0.2, 0.25) is 0 Å². The van der Waals surface area contributed by atoms with E-state index in [9.17, 15) is 9.59 Å². The summed E-state index contributed by atoms with van der Waals surface area (Å²) < 4.78 is 25.3. The Kier molecular flexibility index (Phi) is 12.1. The average Bonchev–Trinajstić information content (AvgIpc) is 3.34. The number of carbonyl (C=O) groups is 2. The second-order valence-electron chi connectivity index (χ2n) is 13.9. The van der Waals surface area contributed by atoms with E-state index in [0.29, 0.717) is 35.4 Å². The number of ether oxygens (including phenoxy) is 3. The number of cyclic esters (lactones) is 1. The monoisotopic (exact) mass is 625 g/mol. The van der Waals surface area contributed by atoms with Crippen molar-refractivity contribution >= 4 is 20.3 Å². The van der Waals surface area contributed by atoms with Gasteiger partial charge in [0.25, 0.3) is 5.91 Å². The van der Waals surface area contributed by atoms with Crippen molar-refractivity contribution in [3.63, 3.8) is 0 Å². The molecule has 3 aliphatic rings. The van der Waals surface area contributed by atoms with E-state index in [-0.39, 0.29) is 30.8 Å². The van der Waals surface area contributed by atoms with Crippen molar-refractivity contribution in [2.75, 3.05) is 13.2 Å². The minimum Gasteiger partial charge on any atom is -0.447 e. The number of amides is 2. The maximum atomic E-state index is 13.0. The van der Waals surface area contributed by atoms with Crippen molar-refractivity contribution in [3.05, 3.63) is 60.2 Å². The Bertz CT molecular complexity index is 1130. The van der Waals surface area contributed by atoms with Gasteiger partial charge in [-0.05, 0) is 72.9 Å². The first-order valence-corrected chi connectivity index (χ1v) is 19.0. The molecule has 0 aromatic heterocycles. The van der Waals surface area contributed by atoms with Crippen LogP contribution in [-0.2, 0) is 29.9 Å². The molecule has 0 unspecified atom stereocenters. The summed E-state index contributed by atoms with van der Waals surface area (Å²) in [5, 5.41) is 0. The van der Waals surface area contributed by atoms with Crippen LogP contribution in [0.5, 0.6) is 0 Å². The van der Waals surface area contributed by atoms with Gasteiger partial charge in [0.1, 0.15) is 6.61 Å². The molecule has 4 rings (SSSR count). The lowest BCUT2D eigenvalue weighted by molar-refractivity contribution is -0.279. The third-order valence-corrected chi connectivity index (χ3v) is 16.0. The third kappa shape index (κ3) is 8.11. The lowest BCUT2D eigenvalue weighted by atomic mass is 9.91. The summed E-state index contributed by atoms with van der Waals surface area (Å²) >= 11 is 0. The van der Waals surface area contributed by atoms with E-state index in [1.807, 2.05) is 36.4 Å². The molecule has 8 heteroatoms. The topological polar surface area (TPSA) is 74.3 Å². The van der Waals surface area contributed by atoms with Crippen LogP contribution in [0.3, 0.4) is 0 Å². The number of imide groups is 1. The summed E-state index contributed by atoms with van der Waals surface area (Å²) in [4.78, 5) is 26.6. The van der Waals surface area contributed by atoms with Gasteiger partial charge in [-0.3, -0.25) is 4.79 Å². The molecular formula is C36H55NO6Si. The van der Waals surface area contributed by atoms with E-state index >= 15 is 0 Å². The Hall–Kier alpha value is -2.26. The fourth-order valence-corrected chi connectivity index (χ4v) is 13.2. The zero-order valence-corrected chi connectivity index (χ0v) is 29.0. The van der Waals surface area contributed by atoms with E-state index in [2.05, 4.69) is 60.6 Å². The van der Waals surface area contributed by atoms with Gasteiger partial charge in [0.05, 0.1) is 18.2 Å². The molecule has 0 aliphatic carbocycles. The number of hydrogen-bond acceptors (Lipinski definition) is 6. The van der Waals surface area contributed by atoms with Crippen molar-refractivity contribution in [1.29, 1.82) is 0 Å². The first-order valence-electron chi connectivity index (χ1n) is 16.9. The smallest absolute Gasteiger partial charge is 0.417 e. The van der Waals surface area contributed by atoms with Gasteiger partial charge < -0.3 is 18.6 Å². The lowest BCUT2D eigenvalue weighted by Crippen LogP contribution is -2.48. The van der Waals surface area contributed by atoms with Crippen LogP contribution < -0.4 is 0 Å². The molecule has 2 amide bonds. The van der Waals surface area contributed by atoms with E-state index in [4.69, 9.17) is 18.6 Å². The maximum absolute atomic E-state index is 13.0.